The number of hydrogen-bond donors (Lipinski definition) is 1. The minimum absolute atomic E-state index is 0.263. The van der Waals surface area contributed by atoms with E-state index in [4.69, 9.17) is 4.74 Å². The van der Waals surface area contributed by atoms with Crippen molar-refractivity contribution >= 4 is 32.5 Å². The topological polar surface area (TPSA) is 34.2 Å². The maximum atomic E-state index is 12.8. The fourth-order valence-electron chi connectivity index (χ4n) is 1.78. The zero-order valence-electron chi connectivity index (χ0n) is 9.80. The summed E-state index contributed by atoms with van der Waals surface area (Å²) in [4.78, 5) is 3.97. The van der Waals surface area contributed by atoms with E-state index >= 15 is 0 Å². The van der Waals surface area contributed by atoms with Crippen molar-refractivity contribution < 1.29 is 13.5 Å². The quantitative estimate of drug-likeness (QED) is 0.929. The second-order valence-corrected chi connectivity index (χ2v) is 4.47. The van der Waals surface area contributed by atoms with Crippen molar-refractivity contribution in [1.82, 2.24) is 4.98 Å². The summed E-state index contributed by atoms with van der Waals surface area (Å²) in [5.74, 6) is 0.589. The van der Waals surface area contributed by atoms with Crippen LogP contribution in [0.3, 0.4) is 0 Å². The van der Waals surface area contributed by atoms with E-state index in [0.29, 0.717) is 26.8 Å². The molecule has 0 unspecified atom stereocenters. The molecule has 0 amide bonds. The van der Waals surface area contributed by atoms with Gasteiger partial charge in [0.25, 0.3) is 6.43 Å². The van der Waals surface area contributed by atoms with Crippen molar-refractivity contribution in [3.8, 4) is 5.75 Å². The summed E-state index contributed by atoms with van der Waals surface area (Å²) in [6.45, 7) is 0. The fraction of sp³-hybridized carbons (Fsp3) is 0.250. The third kappa shape index (κ3) is 2.12. The highest BCUT2D eigenvalue weighted by Crippen LogP contribution is 2.37. The number of nitrogens with one attached hydrogen (secondary N) is 1. The van der Waals surface area contributed by atoms with Crippen LogP contribution >= 0.6 is 15.9 Å². The Morgan fingerprint density at radius 2 is 2.11 bits per heavy atom. The highest BCUT2D eigenvalue weighted by molar-refractivity contribution is 9.10. The van der Waals surface area contributed by atoms with Crippen LogP contribution in [0.15, 0.2) is 22.7 Å². The number of anilines is 1. The van der Waals surface area contributed by atoms with Gasteiger partial charge in [-0.25, -0.2) is 13.8 Å². The number of halogens is 3. The van der Waals surface area contributed by atoms with Crippen LogP contribution < -0.4 is 10.1 Å². The predicted molar refractivity (Wildman–Crippen MR) is 70.5 cm³/mol. The molecule has 96 valence electrons. The van der Waals surface area contributed by atoms with E-state index in [2.05, 4.69) is 26.2 Å². The molecule has 0 spiro atoms. The van der Waals surface area contributed by atoms with Crippen molar-refractivity contribution in [1.29, 1.82) is 0 Å². The molecule has 1 aromatic heterocycles. The van der Waals surface area contributed by atoms with Crippen molar-refractivity contribution in [3.05, 3.63) is 28.4 Å². The van der Waals surface area contributed by atoms with E-state index in [1.807, 2.05) is 0 Å². The lowest BCUT2D eigenvalue weighted by Gasteiger charge is -2.13. The Kier molecular flexibility index (Phi) is 3.65. The molecule has 3 nitrogen and oxygen atoms in total. The predicted octanol–water partition coefficient (Wildman–Crippen LogP) is 3.99. The van der Waals surface area contributed by atoms with E-state index in [1.165, 1.54) is 13.2 Å². The van der Waals surface area contributed by atoms with E-state index in [9.17, 15) is 8.78 Å². The summed E-state index contributed by atoms with van der Waals surface area (Å²) in [7, 11) is 3.20. The van der Waals surface area contributed by atoms with Crippen LogP contribution in [0.4, 0.5) is 14.5 Å². The molecule has 1 N–H and O–H groups in total. The molecule has 2 aromatic rings. The molecule has 18 heavy (non-hydrogen) atoms. The van der Waals surface area contributed by atoms with Crippen LogP contribution in [0.5, 0.6) is 5.75 Å². The maximum Gasteiger partial charge on any atom is 0.280 e. The van der Waals surface area contributed by atoms with Gasteiger partial charge in [-0.15, -0.1) is 0 Å². The lowest BCUT2D eigenvalue weighted by molar-refractivity contribution is 0.146. The Bertz CT molecular complexity index is 590. The first kappa shape index (κ1) is 13.0. The molecule has 0 aliphatic heterocycles. The molecule has 1 aromatic carbocycles. The first-order valence-corrected chi connectivity index (χ1v) is 6.00. The monoisotopic (exact) mass is 316 g/mol. The zero-order chi connectivity index (χ0) is 13.3. The summed E-state index contributed by atoms with van der Waals surface area (Å²) in [6, 6.07) is 4.82. The average Bonchev–Trinajstić information content (AvgIpc) is 2.38. The van der Waals surface area contributed by atoms with Gasteiger partial charge in [0.15, 0.2) is 0 Å². The Morgan fingerprint density at radius 1 is 1.39 bits per heavy atom. The van der Waals surface area contributed by atoms with Gasteiger partial charge in [0.05, 0.1) is 18.0 Å². The summed E-state index contributed by atoms with van der Waals surface area (Å²) >= 11 is 3.32. The van der Waals surface area contributed by atoms with E-state index in [1.54, 1.807) is 19.2 Å². The van der Waals surface area contributed by atoms with Gasteiger partial charge in [0.1, 0.15) is 11.4 Å². The molecule has 0 atom stereocenters. The summed E-state index contributed by atoms with van der Waals surface area (Å²) < 4.78 is 31.5. The number of nitrogens with zero attached hydrogens (tertiary/aromatic N) is 1. The van der Waals surface area contributed by atoms with Crippen molar-refractivity contribution in [2.75, 3.05) is 19.5 Å². The van der Waals surface area contributed by atoms with Crippen LogP contribution in [0.25, 0.3) is 10.9 Å². The SMILES string of the molecule is CNc1cc(C(F)F)nc2c(Br)ccc(OC)c12. The molecule has 2 rings (SSSR count). The second-order valence-electron chi connectivity index (χ2n) is 3.62. The third-order valence-electron chi connectivity index (χ3n) is 2.61. The molecule has 0 aliphatic rings. The van der Waals surface area contributed by atoms with Crippen LogP contribution in [-0.4, -0.2) is 19.1 Å². The van der Waals surface area contributed by atoms with Crippen molar-refractivity contribution in [3.63, 3.8) is 0 Å². The van der Waals surface area contributed by atoms with Crippen molar-refractivity contribution in [2.24, 2.45) is 0 Å². The summed E-state index contributed by atoms with van der Waals surface area (Å²) in [6.07, 6.45) is -2.61. The number of alkyl halides is 2. The smallest absolute Gasteiger partial charge is 0.280 e. The minimum Gasteiger partial charge on any atom is -0.496 e. The number of rotatable bonds is 3. The number of aromatic nitrogens is 1. The van der Waals surface area contributed by atoms with E-state index in [0.717, 1.165) is 0 Å². The zero-order valence-corrected chi connectivity index (χ0v) is 11.4. The van der Waals surface area contributed by atoms with Crippen molar-refractivity contribution in [2.45, 2.75) is 6.43 Å². The van der Waals surface area contributed by atoms with Crippen LogP contribution in [0.1, 0.15) is 12.1 Å². The number of fused-ring (bicyclic) bond motifs is 1. The molecule has 0 fully saturated rings. The summed E-state index contributed by atoms with van der Waals surface area (Å²) in [5, 5.41) is 3.57. The van der Waals surface area contributed by atoms with Crippen LogP contribution in [0.2, 0.25) is 0 Å². The largest absolute Gasteiger partial charge is 0.496 e. The lowest BCUT2D eigenvalue weighted by Crippen LogP contribution is -1.99. The molecular weight excluding hydrogens is 306 g/mol. The first-order valence-electron chi connectivity index (χ1n) is 5.21. The first-order chi connectivity index (χ1) is 8.58. The van der Waals surface area contributed by atoms with Gasteiger partial charge >= 0.3 is 0 Å². The van der Waals surface area contributed by atoms with Gasteiger partial charge in [-0.3, -0.25) is 0 Å². The molecule has 1 heterocycles. The second kappa shape index (κ2) is 5.06. The van der Waals surface area contributed by atoms with Gasteiger partial charge in [-0.05, 0) is 34.1 Å². The highest BCUT2D eigenvalue weighted by atomic mass is 79.9. The van der Waals surface area contributed by atoms with E-state index in [-0.39, 0.29) is 5.69 Å². The number of pyridine rings is 1. The van der Waals surface area contributed by atoms with Crippen LogP contribution in [-0.2, 0) is 0 Å². The summed E-state index contributed by atoms with van der Waals surface area (Å²) in [5.41, 5.74) is 0.755. The minimum atomic E-state index is -2.61. The molecule has 0 radical (unpaired) electrons. The normalized spacial score (nSPS) is 11.0. The molecular formula is C12H11BrF2N2O. The molecule has 0 bridgehead atoms. The van der Waals surface area contributed by atoms with Crippen LogP contribution in [0, 0.1) is 0 Å². The molecule has 6 heteroatoms. The highest BCUT2D eigenvalue weighted by Gasteiger charge is 2.16. The number of ether oxygens (including phenoxy) is 1. The van der Waals surface area contributed by atoms with Gasteiger partial charge < -0.3 is 10.1 Å². The van der Waals surface area contributed by atoms with Gasteiger partial charge in [0.2, 0.25) is 0 Å². The molecule has 0 aliphatic carbocycles. The molecule has 0 saturated heterocycles. The Morgan fingerprint density at radius 3 is 2.67 bits per heavy atom. The number of methoxy groups -OCH3 is 1. The fourth-order valence-corrected chi connectivity index (χ4v) is 2.20. The Hall–Kier alpha value is -1.43. The number of benzene rings is 1. The van der Waals surface area contributed by atoms with Gasteiger partial charge in [0, 0.05) is 17.2 Å². The number of hydrogen-bond acceptors (Lipinski definition) is 3. The Labute approximate surface area is 111 Å². The standard InChI is InChI=1S/C12H11BrF2N2O/c1-16-7-5-8(12(14)15)17-11-6(13)3-4-9(18-2)10(7)11/h3-5,12H,1-2H3,(H,16,17). The Balaban J connectivity index is 2.86. The third-order valence-corrected chi connectivity index (χ3v) is 3.25. The van der Waals surface area contributed by atoms with Gasteiger partial charge in [-0.1, -0.05) is 0 Å². The lowest BCUT2D eigenvalue weighted by atomic mass is 10.1. The average molecular weight is 317 g/mol. The van der Waals surface area contributed by atoms with E-state index < -0.39 is 6.43 Å². The maximum absolute atomic E-state index is 12.8. The van der Waals surface area contributed by atoms with Gasteiger partial charge in [-0.2, -0.15) is 0 Å². The molecule has 0 saturated carbocycles.